The fraction of sp³-hybridized carbons (Fsp3) is 0.450. The quantitative estimate of drug-likeness (QED) is 0.286. The highest BCUT2D eigenvalue weighted by Gasteiger charge is 2.19. The van der Waals surface area contributed by atoms with Crippen LogP contribution in [0.3, 0.4) is 0 Å². The number of nitrogen functional groups attached to an aromatic ring is 1. The zero-order chi connectivity index (χ0) is 21.8. The molecule has 3 rings (SSSR count). The van der Waals surface area contributed by atoms with Crippen LogP contribution in [0.1, 0.15) is 44.2 Å². The predicted octanol–water partition coefficient (Wildman–Crippen LogP) is 4.04. The second-order valence-electron chi connectivity index (χ2n) is 7.23. The van der Waals surface area contributed by atoms with Gasteiger partial charge >= 0.3 is 0 Å². The number of thioether (sulfide) groups is 1. The Hall–Kier alpha value is -2.20. The third-order valence-corrected chi connectivity index (χ3v) is 6.15. The molecule has 1 aromatic carbocycles. The third-order valence-electron chi connectivity index (χ3n) is 4.57. The molecule has 160 valence electrons. The van der Waals surface area contributed by atoms with Crippen LogP contribution in [-0.2, 0) is 6.54 Å². The summed E-state index contributed by atoms with van der Waals surface area (Å²) in [4.78, 5) is 32.8. The number of rotatable bonds is 8. The van der Waals surface area contributed by atoms with Crippen molar-refractivity contribution in [2.24, 2.45) is 0 Å². The number of anilines is 2. The molecule has 2 N–H and O–H groups in total. The highest BCUT2D eigenvalue weighted by molar-refractivity contribution is 9.10. The van der Waals surface area contributed by atoms with E-state index in [1.54, 1.807) is 9.47 Å². The number of fused-ring (bicyclic) bond motifs is 1. The number of hydrogen-bond donors (Lipinski definition) is 1. The molecular weight excluding hydrogens is 466 g/mol. The zero-order valence-corrected chi connectivity index (χ0v) is 20.0. The summed E-state index contributed by atoms with van der Waals surface area (Å²) in [6.07, 6.45) is 3.06. The van der Waals surface area contributed by atoms with Gasteiger partial charge in [-0.15, -0.1) is 0 Å². The van der Waals surface area contributed by atoms with Gasteiger partial charge in [0.15, 0.2) is 5.16 Å². The lowest BCUT2D eigenvalue weighted by Gasteiger charge is -2.17. The summed E-state index contributed by atoms with van der Waals surface area (Å²) in [6.45, 7) is 4.75. The molecule has 0 spiro atoms. The fourth-order valence-corrected chi connectivity index (χ4v) is 4.31. The third kappa shape index (κ3) is 5.10. The van der Waals surface area contributed by atoms with Crippen LogP contribution in [0.5, 0.6) is 0 Å². The summed E-state index contributed by atoms with van der Waals surface area (Å²) >= 11 is 4.91. The van der Waals surface area contributed by atoms with Gasteiger partial charge in [0.25, 0.3) is 5.56 Å². The number of hydrogen-bond acceptors (Lipinski definition) is 8. The van der Waals surface area contributed by atoms with E-state index >= 15 is 0 Å². The molecule has 0 amide bonds. The second-order valence-corrected chi connectivity index (χ2v) is 9.45. The monoisotopic (exact) mass is 491 g/mol. The first-order valence-electron chi connectivity index (χ1n) is 9.85. The van der Waals surface area contributed by atoms with Gasteiger partial charge in [-0.3, -0.25) is 9.36 Å². The molecule has 0 bridgehead atoms. The Morgan fingerprint density at radius 1 is 1.20 bits per heavy atom. The van der Waals surface area contributed by atoms with Crippen molar-refractivity contribution >= 4 is 50.5 Å². The molecule has 0 aliphatic rings. The van der Waals surface area contributed by atoms with Crippen molar-refractivity contribution < 1.29 is 0 Å². The van der Waals surface area contributed by atoms with E-state index in [1.807, 2.05) is 39.2 Å². The van der Waals surface area contributed by atoms with Crippen molar-refractivity contribution in [3.8, 4) is 0 Å². The molecule has 0 saturated carbocycles. The van der Waals surface area contributed by atoms with E-state index < -0.39 is 0 Å². The topological polar surface area (TPSA) is 103 Å². The van der Waals surface area contributed by atoms with Crippen LogP contribution in [0.2, 0.25) is 0 Å². The Bertz CT molecular complexity index is 1100. The summed E-state index contributed by atoms with van der Waals surface area (Å²) < 4.78 is 2.63. The number of aromatic nitrogens is 5. The summed E-state index contributed by atoms with van der Waals surface area (Å²) in [5.41, 5.74) is 6.52. The molecule has 1 unspecified atom stereocenters. The van der Waals surface area contributed by atoms with Gasteiger partial charge in [0.1, 0.15) is 5.82 Å². The van der Waals surface area contributed by atoms with Crippen LogP contribution in [-0.4, -0.2) is 38.6 Å². The molecule has 0 radical (unpaired) electrons. The van der Waals surface area contributed by atoms with Crippen molar-refractivity contribution in [1.82, 2.24) is 24.5 Å². The molecule has 10 heteroatoms. The van der Waals surface area contributed by atoms with Crippen molar-refractivity contribution in [3.63, 3.8) is 0 Å². The van der Waals surface area contributed by atoms with Gasteiger partial charge in [0, 0.05) is 25.1 Å². The van der Waals surface area contributed by atoms with Crippen LogP contribution in [0.15, 0.2) is 32.6 Å². The zero-order valence-electron chi connectivity index (χ0n) is 17.6. The Balaban J connectivity index is 2.02. The molecule has 0 aliphatic carbocycles. The van der Waals surface area contributed by atoms with Crippen molar-refractivity contribution in [3.05, 3.63) is 38.9 Å². The lowest BCUT2D eigenvalue weighted by molar-refractivity contribution is 0.541. The van der Waals surface area contributed by atoms with Crippen LogP contribution in [0.25, 0.3) is 10.9 Å². The largest absolute Gasteiger partial charge is 0.368 e. The first-order chi connectivity index (χ1) is 14.3. The van der Waals surface area contributed by atoms with Gasteiger partial charge in [-0.25, -0.2) is 4.98 Å². The van der Waals surface area contributed by atoms with E-state index in [2.05, 4.69) is 37.8 Å². The molecule has 0 fully saturated rings. The maximum absolute atomic E-state index is 13.2. The first kappa shape index (κ1) is 22.5. The highest BCUT2D eigenvalue weighted by atomic mass is 79.9. The van der Waals surface area contributed by atoms with Gasteiger partial charge in [-0.05, 0) is 31.5 Å². The molecule has 8 nitrogen and oxygen atoms in total. The molecule has 2 heterocycles. The molecule has 0 saturated heterocycles. The summed E-state index contributed by atoms with van der Waals surface area (Å²) in [6, 6.07) is 5.58. The average Bonchev–Trinajstić information content (AvgIpc) is 2.70. The maximum atomic E-state index is 13.2. The number of benzene rings is 1. The number of nitrogens with two attached hydrogens (primary N) is 1. The number of halogens is 1. The summed E-state index contributed by atoms with van der Waals surface area (Å²) in [5, 5.41) is 1.10. The van der Waals surface area contributed by atoms with Crippen LogP contribution < -0.4 is 16.2 Å². The minimum atomic E-state index is -0.161. The molecular formula is C20H26BrN7OS. The maximum Gasteiger partial charge on any atom is 0.262 e. The van der Waals surface area contributed by atoms with E-state index in [-0.39, 0.29) is 16.8 Å². The van der Waals surface area contributed by atoms with E-state index in [4.69, 9.17) is 10.7 Å². The molecule has 1 atom stereocenters. The van der Waals surface area contributed by atoms with Crippen molar-refractivity contribution in [2.75, 3.05) is 24.7 Å². The fourth-order valence-electron chi connectivity index (χ4n) is 2.97. The number of unbranched alkanes of at least 4 members (excludes halogenated alkanes) is 2. The minimum Gasteiger partial charge on any atom is -0.368 e. The Labute approximate surface area is 188 Å². The van der Waals surface area contributed by atoms with Gasteiger partial charge in [-0.2, -0.15) is 15.0 Å². The Morgan fingerprint density at radius 2 is 1.97 bits per heavy atom. The lowest BCUT2D eigenvalue weighted by Crippen LogP contribution is -2.24. The minimum absolute atomic E-state index is 0.0313. The number of nitrogens with zero attached hydrogens (tertiary/aromatic N) is 6. The predicted molar refractivity (Wildman–Crippen MR) is 126 cm³/mol. The summed E-state index contributed by atoms with van der Waals surface area (Å²) in [5.74, 6) is 1.23. The van der Waals surface area contributed by atoms with Crippen molar-refractivity contribution in [1.29, 1.82) is 0 Å². The Kier molecular flexibility index (Phi) is 7.30. The summed E-state index contributed by atoms with van der Waals surface area (Å²) in [7, 11) is 3.70. The van der Waals surface area contributed by atoms with E-state index in [9.17, 15) is 4.79 Å². The normalized spacial score (nSPS) is 12.3. The van der Waals surface area contributed by atoms with Crippen LogP contribution in [0.4, 0.5) is 11.9 Å². The van der Waals surface area contributed by atoms with Gasteiger partial charge < -0.3 is 10.6 Å². The standard InChI is InChI=1S/C20H26BrN7OS/c1-5-6-7-10-28-17(29)14-11-13(21)8-9-15(14)23-20(28)30-12(2)16-24-18(22)26-19(25-16)27(3)4/h8-9,11-12H,5-7,10H2,1-4H3,(H2,22,24,25,26). The molecule has 2 aromatic heterocycles. The molecule has 30 heavy (non-hydrogen) atoms. The highest BCUT2D eigenvalue weighted by Crippen LogP contribution is 2.33. The smallest absolute Gasteiger partial charge is 0.262 e. The first-order valence-corrected chi connectivity index (χ1v) is 11.5. The van der Waals surface area contributed by atoms with Gasteiger partial charge in [0.2, 0.25) is 11.9 Å². The van der Waals surface area contributed by atoms with E-state index in [0.29, 0.717) is 34.4 Å². The van der Waals surface area contributed by atoms with Gasteiger partial charge in [0.05, 0.1) is 16.2 Å². The second kappa shape index (κ2) is 9.74. The van der Waals surface area contributed by atoms with Crippen molar-refractivity contribution in [2.45, 2.75) is 50.1 Å². The Morgan fingerprint density at radius 3 is 2.67 bits per heavy atom. The SMILES string of the molecule is CCCCCn1c(SC(C)c2nc(N)nc(N(C)C)n2)nc2ccc(Br)cc2c1=O. The van der Waals surface area contributed by atoms with Crippen LogP contribution in [0, 0.1) is 0 Å². The van der Waals surface area contributed by atoms with Gasteiger partial charge in [-0.1, -0.05) is 47.5 Å². The van der Waals surface area contributed by atoms with E-state index in [1.165, 1.54) is 11.8 Å². The van der Waals surface area contributed by atoms with E-state index in [0.717, 1.165) is 23.7 Å². The average molecular weight is 492 g/mol. The molecule has 3 aromatic rings. The lowest BCUT2D eigenvalue weighted by atomic mass is 10.2. The molecule has 0 aliphatic heterocycles. The van der Waals surface area contributed by atoms with Crippen LogP contribution >= 0.6 is 27.7 Å².